The molecule has 0 spiro atoms. The van der Waals surface area contributed by atoms with E-state index in [2.05, 4.69) is 15.8 Å². The molecule has 180 valence electrons. The summed E-state index contributed by atoms with van der Waals surface area (Å²) in [4.78, 5) is 36.4. The zero-order valence-corrected chi connectivity index (χ0v) is 19.7. The summed E-state index contributed by atoms with van der Waals surface area (Å²) in [5, 5.41) is 6.76. The Morgan fingerprint density at radius 3 is 2.31 bits per heavy atom. The van der Waals surface area contributed by atoms with E-state index in [9.17, 15) is 14.4 Å². The highest BCUT2D eigenvalue weighted by molar-refractivity contribution is 6.39. The van der Waals surface area contributed by atoms with Crippen LogP contribution < -0.4 is 25.0 Å². The van der Waals surface area contributed by atoms with E-state index in [1.165, 1.54) is 13.3 Å². The molecule has 0 atom stereocenters. The molecule has 0 aromatic heterocycles. The SMILES string of the molecule is CCOc1cc(C=NNC(=O)C(=O)Nc2ccc(OC)cc2)ccc1OC(=O)c1ccc(Cl)cc1. The lowest BCUT2D eigenvalue weighted by Crippen LogP contribution is -2.32. The lowest BCUT2D eigenvalue weighted by atomic mass is 10.2. The third-order valence-electron chi connectivity index (χ3n) is 4.48. The van der Waals surface area contributed by atoms with Crippen LogP contribution in [0.1, 0.15) is 22.8 Å². The molecule has 35 heavy (non-hydrogen) atoms. The molecular formula is C25H22ClN3O6. The zero-order chi connectivity index (χ0) is 25.2. The van der Waals surface area contributed by atoms with E-state index in [4.69, 9.17) is 25.8 Å². The number of benzene rings is 3. The Labute approximate surface area is 206 Å². The van der Waals surface area contributed by atoms with Gasteiger partial charge in [0.2, 0.25) is 0 Å². The highest BCUT2D eigenvalue weighted by Gasteiger charge is 2.14. The predicted octanol–water partition coefficient (Wildman–Crippen LogP) is 4.06. The zero-order valence-electron chi connectivity index (χ0n) is 18.9. The standard InChI is InChI=1S/C25H22ClN3O6/c1-3-34-22-14-16(4-13-21(22)35-25(32)17-5-7-18(26)8-6-17)15-27-29-24(31)23(30)28-19-9-11-20(33-2)12-10-19/h4-15H,3H2,1-2H3,(H,28,30)(H,29,31). The first kappa shape index (κ1) is 25.3. The van der Waals surface area contributed by atoms with Gasteiger partial charge in [-0.25, -0.2) is 10.2 Å². The van der Waals surface area contributed by atoms with E-state index in [-0.39, 0.29) is 5.75 Å². The van der Waals surface area contributed by atoms with Gasteiger partial charge in [-0.2, -0.15) is 5.10 Å². The van der Waals surface area contributed by atoms with Gasteiger partial charge in [-0.1, -0.05) is 11.6 Å². The Kier molecular flexibility index (Phi) is 8.80. The molecule has 0 aliphatic heterocycles. The number of methoxy groups -OCH3 is 1. The molecule has 0 unspecified atom stereocenters. The number of hydrazone groups is 1. The molecule has 0 aliphatic rings. The van der Waals surface area contributed by atoms with E-state index in [0.29, 0.717) is 39.9 Å². The smallest absolute Gasteiger partial charge is 0.343 e. The van der Waals surface area contributed by atoms with Crippen LogP contribution in [-0.4, -0.2) is 37.7 Å². The van der Waals surface area contributed by atoms with E-state index in [1.807, 2.05) is 0 Å². The molecule has 2 amide bonds. The van der Waals surface area contributed by atoms with Crippen LogP contribution in [0.2, 0.25) is 5.02 Å². The fourth-order valence-electron chi connectivity index (χ4n) is 2.78. The fraction of sp³-hybridized carbons (Fsp3) is 0.120. The number of rotatable bonds is 8. The maximum Gasteiger partial charge on any atom is 0.343 e. The molecule has 0 saturated heterocycles. The molecule has 9 nitrogen and oxygen atoms in total. The molecule has 0 radical (unpaired) electrons. The van der Waals surface area contributed by atoms with Gasteiger partial charge in [0.25, 0.3) is 0 Å². The third-order valence-corrected chi connectivity index (χ3v) is 4.74. The van der Waals surface area contributed by atoms with Gasteiger partial charge in [0.1, 0.15) is 5.75 Å². The first-order valence-corrected chi connectivity index (χ1v) is 10.8. The number of carbonyl (C=O) groups excluding carboxylic acids is 3. The van der Waals surface area contributed by atoms with Crippen LogP contribution in [0.3, 0.4) is 0 Å². The van der Waals surface area contributed by atoms with Gasteiger partial charge in [-0.3, -0.25) is 9.59 Å². The first-order chi connectivity index (χ1) is 16.9. The molecule has 3 aromatic carbocycles. The van der Waals surface area contributed by atoms with Crippen LogP contribution in [0.25, 0.3) is 0 Å². The van der Waals surface area contributed by atoms with E-state index in [0.717, 1.165) is 0 Å². The number of nitrogens with one attached hydrogen (secondary N) is 2. The van der Waals surface area contributed by atoms with Gasteiger partial charge in [-0.15, -0.1) is 0 Å². The van der Waals surface area contributed by atoms with E-state index < -0.39 is 17.8 Å². The summed E-state index contributed by atoms with van der Waals surface area (Å²) in [6.45, 7) is 2.11. The molecule has 3 aromatic rings. The largest absolute Gasteiger partial charge is 0.497 e. The van der Waals surface area contributed by atoms with Gasteiger partial charge in [0.05, 0.1) is 25.5 Å². The van der Waals surface area contributed by atoms with Gasteiger partial charge < -0.3 is 19.5 Å². The van der Waals surface area contributed by atoms with Crippen LogP contribution in [0.5, 0.6) is 17.2 Å². The summed E-state index contributed by atoms with van der Waals surface area (Å²) in [7, 11) is 1.53. The maximum atomic E-state index is 12.4. The Morgan fingerprint density at radius 2 is 1.66 bits per heavy atom. The molecular weight excluding hydrogens is 474 g/mol. The van der Waals surface area contributed by atoms with Crippen LogP contribution >= 0.6 is 11.6 Å². The number of hydrogen-bond donors (Lipinski definition) is 2. The maximum absolute atomic E-state index is 12.4. The van der Waals surface area contributed by atoms with Crippen LogP contribution in [0, 0.1) is 0 Å². The number of carbonyl (C=O) groups is 3. The van der Waals surface area contributed by atoms with Gasteiger partial charge in [-0.05, 0) is 79.2 Å². The minimum atomic E-state index is -0.949. The first-order valence-electron chi connectivity index (χ1n) is 10.4. The second-order valence-corrected chi connectivity index (χ2v) is 7.35. The van der Waals surface area contributed by atoms with Gasteiger partial charge in [0.15, 0.2) is 11.5 Å². The lowest BCUT2D eigenvalue weighted by molar-refractivity contribution is -0.136. The highest BCUT2D eigenvalue weighted by atomic mass is 35.5. The summed E-state index contributed by atoms with van der Waals surface area (Å²) in [5.74, 6) is -1.26. The number of ether oxygens (including phenoxy) is 3. The Balaban J connectivity index is 1.61. The van der Waals surface area contributed by atoms with Gasteiger partial charge >= 0.3 is 17.8 Å². The molecule has 2 N–H and O–H groups in total. The van der Waals surface area contributed by atoms with Crippen molar-refractivity contribution in [2.24, 2.45) is 5.10 Å². The second-order valence-electron chi connectivity index (χ2n) is 6.92. The van der Waals surface area contributed by atoms with E-state index in [1.54, 1.807) is 73.7 Å². The Bertz CT molecular complexity index is 1230. The molecule has 0 saturated carbocycles. The van der Waals surface area contributed by atoms with Crippen molar-refractivity contribution in [1.82, 2.24) is 5.43 Å². The Hall–Kier alpha value is -4.37. The molecule has 3 rings (SSSR count). The minimum Gasteiger partial charge on any atom is -0.497 e. The van der Waals surface area contributed by atoms with Crippen LogP contribution in [0.15, 0.2) is 71.8 Å². The topological polar surface area (TPSA) is 115 Å². The fourth-order valence-corrected chi connectivity index (χ4v) is 2.91. The van der Waals surface area contributed by atoms with E-state index >= 15 is 0 Å². The summed E-state index contributed by atoms with van der Waals surface area (Å²) < 4.78 is 16.0. The summed E-state index contributed by atoms with van der Waals surface area (Å²) in [6, 6.07) is 17.5. The molecule has 0 aliphatic carbocycles. The van der Waals surface area contributed by atoms with Crippen LogP contribution in [-0.2, 0) is 9.59 Å². The monoisotopic (exact) mass is 495 g/mol. The van der Waals surface area contributed by atoms with Crippen molar-refractivity contribution in [3.05, 3.63) is 82.9 Å². The summed E-state index contributed by atoms with van der Waals surface area (Å²) >= 11 is 5.85. The lowest BCUT2D eigenvalue weighted by Gasteiger charge is -2.11. The Morgan fingerprint density at radius 1 is 0.943 bits per heavy atom. The average Bonchev–Trinajstić information content (AvgIpc) is 2.86. The molecule has 0 bridgehead atoms. The quantitative estimate of drug-likeness (QED) is 0.160. The average molecular weight is 496 g/mol. The molecule has 0 fully saturated rings. The number of nitrogens with zero attached hydrogens (tertiary/aromatic N) is 1. The predicted molar refractivity (Wildman–Crippen MR) is 131 cm³/mol. The molecule has 10 heteroatoms. The number of halogens is 1. The second kappa shape index (κ2) is 12.2. The molecule has 0 heterocycles. The number of hydrogen-bond acceptors (Lipinski definition) is 7. The van der Waals surface area contributed by atoms with Crippen molar-refractivity contribution < 1.29 is 28.6 Å². The van der Waals surface area contributed by atoms with Crippen molar-refractivity contribution in [3.8, 4) is 17.2 Å². The summed E-state index contributed by atoms with van der Waals surface area (Å²) in [6.07, 6.45) is 1.33. The van der Waals surface area contributed by atoms with Crippen molar-refractivity contribution in [2.45, 2.75) is 6.92 Å². The van der Waals surface area contributed by atoms with Crippen molar-refractivity contribution in [3.63, 3.8) is 0 Å². The number of amides is 2. The van der Waals surface area contributed by atoms with Crippen molar-refractivity contribution in [2.75, 3.05) is 19.0 Å². The number of esters is 1. The third kappa shape index (κ3) is 7.31. The minimum absolute atomic E-state index is 0.215. The van der Waals surface area contributed by atoms with Gasteiger partial charge in [0, 0.05) is 10.7 Å². The van der Waals surface area contributed by atoms with Crippen molar-refractivity contribution in [1.29, 1.82) is 0 Å². The normalized spacial score (nSPS) is 10.5. The summed E-state index contributed by atoms with van der Waals surface area (Å²) in [5.41, 5.74) is 3.45. The van der Waals surface area contributed by atoms with Crippen LogP contribution in [0.4, 0.5) is 5.69 Å². The number of anilines is 1. The van der Waals surface area contributed by atoms with Crippen molar-refractivity contribution >= 4 is 41.3 Å². The highest BCUT2D eigenvalue weighted by Crippen LogP contribution is 2.29.